The number of benzene rings is 2. The molecule has 6 nitrogen and oxygen atoms in total. The van der Waals surface area contributed by atoms with Crippen LogP contribution in [0, 0.1) is 6.92 Å². The molecule has 3 heterocycles. The quantitative estimate of drug-likeness (QED) is 0.446. The van der Waals surface area contributed by atoms with E-state index in [1.807, 2.05) is 84.4 Å². The van der Waals surface area contributed by atoms with Gasteiger partial charge in [0.25, 0.3) is 5.91 Å². The number of nitrogens with one attached hydrogen (secondary N) is 2. The number of imidazole rings is 1. The second-order valence-corrected chi connectivity index (χ2v) is 7.15. The molecule has 0 fully saturated rings. The van der Waals surface area contributed by atoms with Crippen LogP contribution >= 0.6 is 0 Å². The summed E-state index contributed by atoms with van der Waals surface area (Å²) in [5, 5.41) is 4.06. The van der Waals surface area contributed by atoms with Gasteiger partial charge in [-0.1, -0.05) is 6.07 Å². The predicted octanol–water partition coefficient (Wildman–Crippen LogP) is 5.05. The molecular formula is C24H20N4O2. The van der Waals surface area contributed by atoms with Gasteiger partial charge in [-0.15, -0.1) is 0 Å². The van der Waals surface area contributed by atoms with E-state index in [4.69, 9.17) is 9.72 Å². The third kappa shape index (κ3) is 3.08. The zero-order chi connectivity index (χ0) is 20.7. The average Bonchev–Trinajstić information content (AvgIpc) is 3.38. The van der Waals surface area contributed by atoms with Gasteiger partial charge in [0.05, 0.1) is 18.5 Å². The molecule has 2 N–H and O–H groups in total. The topological polar surface area (TPSA) is 71.4 Å². The molecule has 0 aliphatic carbocycles. The van der Waals surface area contributed by atoms with Crippen molar-refractivity contribution in [1.29, 1.82) is 0 Å². The Morgan fingerprint density at radius 3 is 2.70 bits per heavy atom. The zero-order valence-electron chi connectivity index (χ0n) is 16.6. The lowest BCUT2D eigenvalue weighted by atomic mass is 10.1. The van der Waals surface area contributed by atoms with Gasteiger partial charge in [-0.3, -0.25) is 4.79 Å². The summed E-state index contributed by atoms with van der Waals surface area (Å²) in [5.41, 5.74) is 5.99. The first kappa shape index (κ1) is 18.0. The molecule has 30 heavy (non-hydrogen) atoms. The lowest BCUT2D eigenvalue weighted by Crippen LogP contribution is -2.12. The highest BCUT2D eigenvalue weighted by atomic mass is 16.5. The van der Waals surface area contributed by atoms with E-state index in [-0.39, 0.29) is 5.91 Å². The van der Waals surface area contributed by atoms with E-state index in [0.717, 1.165) is 39.3 Å². The van der Waals surface area contributed by atoms with Crippen LogP contribution in [0.4, 0.5) is 5.69 Å². The van der Waals surface area contributed by atoms with Gasteiger partial charge in [0, 0.05) is 34.7 Å². The number of H-pyrrole nitrogens is 1. The summed E-state index contributed by atoms with van der Waals surface area (Å²) < 4.78 is 7.22. The number of aromatic nitrogens is 3. The molecule has 0 aliphatic heterocycles. The fourth-order valence-electron chi connectivity index (χ4n) is 3.65. The standard InChI is InChI=1S/C24H20N4O2/c1-15-23(17-5-8-20(30-2)9-6-17)27-22-10-7-19(14-28(15)22)26-24(29)18-4-3-16-11-12-25-21(16)13-18/h3-14,25H,1-2H3,(H,26,29). The van der Waals surface area contributed by atoms with E-state index < -0.39 is 0 Å². The van der Waals surface area contributed by atoms with Crippen LogP contribution in [0.2, 0.25) is 0 Å². The summed E-state index contributed by atoms with van der Waals surface area (Å²) in [5.74, 6) is 0.654. The number of anilines is 1. The Kier molecular flexibility index (Phi) is 4.25. The van der Waals surface area contributed by atoms with Crippen LogP contribution < -0.4 is 10.1 Å². The van der Waals surface area contributed by atoms with Crippen LogP contribution in [0.1, 0.15) is 16.1 Å². The van der Waals surface area contributed by atoms with Gasteiger partial charge in [-0.25, -0.2) is 4.98 Å². The number of nitrogens with zero attached hydrogens (tertiary/aromatic N) is 2. The molecule has 0 aliphatic rings. The van der Waals surface area contributed by atoms with E-state index in [1.54, 1.807) is 7.11 Å². The van der Waals surface area contributed by atoms with Crippen molar-refractivity contribution in [3.05, 3.63) is 84.3 Å². The molecule has 1 amide bonds. The van der Waals surface area contributed by atoms with E-state index in [1.165, 1.54) is 0 Å². The van der Waals surface area contributed by atoms with Crippen molar-refractivity contribution < 1.29 is 9.53 Å². The van der Waals surface area contributed by atoms with Gasteiger partial charge >= 0.3 is 0 Å². The Hall–Kier alpha value is -4.06. The lowest BCUT2D eigenvalue weighted by Gasteiger charge is -2.07. The van der Waals surface area contributed by atoms with Gasteiger partial charge in [0.1, 0.15) is 11.4 Å². The highest BCUT2D eigenvalue weighted by Gasteiger charge is 2.13. The van der Waals surface area contributed by atoms with Gasteiger partial charge in [0.2, 0.25) is 0 Å². The van der Waals surface area contributed by atoms with Gasteiger partial charge in [0.15, 0.2) is 0 Å². The third-order valence-corrected chi connectivity index (χ3v) is 5.30. The molecule has 3 aromatic heterocycles. The maximum atomic E-state index is 12.7. The number of hydrogen-bond acceptors (Lipinski definition) is 3. The summed E-state index contributed by atoms with van der Waals surface area (Å²) in [6.07, 6.45) is 3.76. The Morgan fingerprint density at radius 1 is 1.07 bits per heavy atom. The van der Waals surface area contributed by atoms with E-state index in [9.17, 15) is 4.79 Å². The Bertz CT molecular complexity index is 1380. The molecule has 0 radical (unpaired) electrons. The SMILES string of the molecule is COc1ccc(-c2nc3ccc(NC(=O)c4ccc5cc[nH]c5c4)cn3c2C)cc1. The average molecular weight is 396 g/mol. The number of aryl methyl sites for hydroxylation is 1. The molecule has 0 saturated carbocycles. The van der Waals surface area contributed by atoms with E-state index >= 15 is 0 Å². The largest absolute Gasteiger partial charge is 0.497 e. The minimum absolute atomic E-state index is 0.154. The first-order valence-electron chi connectivity index (χ1n) is 9.64. The monoisotopic (exact) mass is 396 g/mol. The van der Waals surface area contributed by atoms with Crippen molar-refractivity contribution in [3.8, 4) is 17.0 Å². The first-order chi connectivity index (χ1) is 14.6. The van der Waals surface area contributed by atoms with Crippen molar-refractivity contribution in [2.45, 2.75) is 6.92 Å². The lowest BCUT2D eigenvalue weighted by molar-refractivity contribution is 0.102. The highest BCUT2D eigenvalue weighted by Crippen LogP contribution is 2.27. The number of amides is 1. The van der Waals surface area contributed by atoms with Crippen LogP contribution in [0.3, 0.4) is 0 Å². The fourth-order valence-corrected chi connectivity index (χ4v) is 3.65. The van der Waals surface area contributed by atoms with E-state index in [2.05, 4.69) is 10.3 Å². The Balaban J connectivity index is 1.45. The Morgan fingerprint density at radius 2 is 1.90 bits per heavy atom. The number of carbonyl (C=O) groups is 1. The van der Waals surface area contributed by atoms with Crippen LogP contribution in [0.5, 0.6) is 5.75 Å². The minimum Gasteiger partial charge on any atom is -0.497 e. The number of ether oxygens (including phenoxy) is 1. The summed E-state index contributed by atoms with van der Waals surface area (Å²) in [6.45, 7) is 2.02. The Labute approximate surface area is 173 Å². The molecular weight excluding hydrogens is 376 g/mol. The van der Waals surface area contributed by atoms with E-state index in [0.29, 0.717) is 11.3 Å². The highest BCUT2D eigenvalue weighted by molar-refractivity contribution is 6.06. The minimum atomic E-state index is -0.154. The second-order valence-electron chi connectivity index (χ2n) is 7.15. The second kappa shape index (κ2) is 7.08. The molecule has 5 rings (SSSR count). The summed E-state index contributed by atoms with van der Waals surface area (Å²) in [4.78, 5) is 20.6. The van der Waals surface area contributed by atoms with Gasteiger partial charge in [-0.2, -0.15) is 0 Å². The molecule has 0 spiro atoms. The normalized spacial score (nSPS) is 11.1. The van der Waals surface area contributed by atoms with Gasteiger partial charge in [-0.05, 0) is 66.9 Å². The molecule has 2 aromatic carbocycles. The molecule has 5 aromatic rings. The summed E-state index contributed by atoms with van der Waals surface area (Å²) >= 11 is 0. The summed E-state index contributed by atoms with van der Waals surface area (Å²) in [6, 6.07) is 19.2. The number of methoxy groups -OCH3 is 1. The fraction of sp³-hybridized carbons (Fsp3) is 0.0833. The van der Waals surface area contributed by atoms with Crippen LogP contribution in [0.25, 0.3) is 27.8 Å². The number of carbonyl (C=O) groups excluding carboxylic acids is 1. The van der Waals surface area contributed by atoms with Crippen molar-refractivity contribution in [2.75, 3.05) is 12.4 Å². The number of hydrogen-bond donors (Lipinski definition) is 2. The smallest absolute Gasteiger partial charge is 0.255 e. The summed E-state index contributed by atoms with van der Waals surface area (Å²) in [7, 11) is 1.65. The zero-order valence-corrected chi connectivity index (χ0v) is 16.6. The van der Waals surface area contributed by atoms with Crippen molar-refractivity contribution in [1.82, 2.24) is 14.4 Å². The third-order valence-electron chi connectivity index (χ3n) is 5.30. The van der Waals surface area contributed by atoms with Crippen LogP contribution in [-0.4, -0.2) is 27.4 Å². The number of fused-ring (bicyclic) bond motifs is 2. The molecule has 0 saturated heterocycles. The predicted molar refractivity (Wildman–Crippen MR) is 118 cm³/mol. The molecule has 6 heteroatoms. The van der Waals surface area contributed by atoms with Crippen molar-refractivity contribution >= 4 is 28.1 Å². The van der Waals surface area contributed by atoms with Crippen molar-refractivity contribution in [2.24, 2.45) is 0 Å². The maximum Gasteiger partial charge on any atom is 0.255 e. The molecule has 0 bridgehead atoms. The van der Waals surface area contributed by atoms with Crippen LogP contribution in [0.15, 0.2) is 73.1 Å². The first-order valence-corrected chi connectivity index (χ1v) is 9.64. The number of aromatic amines is 1. The number of rotatable bonds is 4. The van der Waals surface area contributed by atoms with Crippen molar-refractivity contribution in [3.63, 3.8) is 0 Å². The molecule has 0 unspecified atom stereocenters. The molecule has 0 atom stereocenters. The maximum absolute atomic E-state index is 12.7. The molecule has 148 valence electrons. The van der Waals surface area contributed by atoms with Gasteiger partial charge < -0.3 is 19.4 Å². The number of pyridine rings is 1. The van der Waals surface area contributed by atoms with Crippen LogP contribution in [-0.2, 0) is 0 Å².